The van der Waals surface area contributed by atoms with Gasteiger partial charge >= 0.3 is 7.46 Å². The minimum Gasteiger partial charge on any atom is -0.724 e. The molecule has 1 aromatic heterocycles. The van der Waals surface area contributed by atoms with Crippen molar-refractivity contribution in [2.45, 2.75) is 30.8 Å². The first-order valence-corrected chi connectivity index (χ1v) is 9.55. The number of aromatic nitrogens is 2. The summed E-state index contributed by atoms with van der Waals surface area (Å²) < 4.78 is 42.6. The van der Waals surface area contributed by atoms with E-state index >= 15 is 0 Å². The standard InChI is InChI=1S/C13H17N5O6S/c19-13-17-5-6(18(13)24-25(20,21)22)1-2-9(17)11-15-16-12(23-11)10-7-3-14-4-8(7)10/h6-10,14H,1-5H2,(H,20,21,22)/t6-,7?,8?,9+,10?/m1/s1. The van der Waals surface area contributed by atoms with E-state index in [1.807, 2.05) is 0 Å². The molecule has 12 heteroatoms. The van der Waals surface area contributed by atoms with E-state index in [0.29, 0.717) is 47.4 Å². The number of piperidine rings is 2. The Morgan fingerprint density at radius 2 is 1.96 bits per heavy atom. The molecule has 136 valence electrons. The fourth-order valence-electron chi connectivity index (χ4n) is 4.39. The van der Waals surface area contributed by atoms with Gasteiger partial charge in [-0.15, -0.1) is 10.2 Å². The maximum absolute atomic E-state index is 12.4. The van der Waals surface area contributed by atoms with Gasteiger partial charge in [-0.3, -0.25) is 0 Å². The number of nitrogens with zero attached hydrogens (tertiary/aromatic N) is 4. The van der Waals surface area contributed by atoms with Crippen LogP contribution in [0.1, 0.15) is 38.0 Å². The number of amides is 2. The maximum Gasteiger partial charge on any atom is 1.00 e. The van der Waals surface area contributed by atoms with E-state index in [4.69, 9.17) is 4.42 Å². The van der Waals surface area contributed by atoms with Crippen LogP contribution in [0, 0.1) is 11.8 Å². The molecule has 0 aromatic carbocycles. The SMILES string of the molecule is O=C1N2C[C@@H](CC[C@H]2c2nnc(C3C4CNCC43)o2)N1OS(=O)(=O)[O-].[H+]. The zero-order valence-electron chi connectivity index (χ0n) is 14.1. The van der Waals surface area contributed by atoms with Crippen LogP contribution in [0.25, 0.3) is 0 Å². The van der Waals surface area contributed by atoms with Crippen LogP contribution < -0.4 is 5.32 Å². The Labute approximate surface area is 144 Å². The number of carbonyl (C=O) groups is 1. The highest BCUT2D eigenvalue weighted by atomic mass is 32.3. The summed E-state index contributed by atoms with van der Waals surface area (Å²) in [6.07, 6.45) is 1.02. The second-order valence-electron chi connectivity index (χ2n) is 6.98. The number of hydrogen-bond acceptors (Lipinski definition) is 9. The topological polar surface area (TPSA) is 141 Å². The Kier molecular flexibility index (Phi) is 3.18. The number of nitrogens with one attached hydrogen (secondary N) is 1. The third-order valence-electron chi connectivity index (χ3n) is 5.61. The molecule has 11 nitrogen and oxygen atoms in total. The van der Waals surface area contributed by atoms with E-state index < -0.39 is 28.5 Å². The molecule has 2 amide bonds. The highest BCUT2D eigenvalue weighted by Gasteiger charge is 2.57. The monoisotopic (exact) mass is 371 g/mol. The Bertz CT molecular complexity index is 823. The van der Waals surface area contributed by atoms with Gasteiger partial charge in [-0.25, -0.2) is 13.2 Å². The highest BCUT2D eigenvalue weighted by Crippen LogP contribution is 2.55. The molecule has 4 heterocycles. The average molecular weight is 371 g/mol. The van der Waals surface area contributed by atoms with Crippen molar-refractivity contribution in [2.24, 2.45) is 11.8 Å². The Balaban J connectivity index is 0.00000168. The fraction of sp³-hybridized carbons (Fsp3) is 0.769. The number of rotatable bonds is 4. The molecule has 1 saturated carbocycles. The van der Waals surface area contributed by atoms with Crippen molar-refractivity contribution in [2.75, 3.05) is 19.6 Å². The van der Waals surface area contributed by atoms with Gasteiger partial charge in [0.15, 0.2) is 0 Å². The Morgan fingerprint density at radius 3 is 2.68 bits per heavy atom. The summed E-state index contributed by atoms with van der Waals surface area (Å²) in [7, 11) is -5.00. The third kappa shape index (κ3) is 2.43. The molecule has 4 aliphatic rings. The lowest BCUT2D eigenvalue weighted by molar-refractivity contribution is -0.0328. The van der Waals surface area contributed by atoms with Crippen LogP contribution in [0.2, 0.25) is 0 Å². The lowest BCUT2D eigenvalue weighted by Crippen LogP contribution is -2.35. The summed E-state index contributed by atoms with van der Waals surface area (Å²) in [6.45, 7) is 2.17. The van der Waals surface area contributed by atoms with Gasteiger partial charge in [-0.05, 0) is 37.8 Å². The summed E-state index contributed by atoms with van der Waals surface area (Å²) in [6, 6.07) is -1.56. The number of carbonyl (C=O) groups excluding carboxylic acids is 1. The number of fused-ring (bicyclic) bond motifs is 3. The molecule has 5 rings (SSSR count). The Morgan fingerprint density at radius 1 is 1.24 bits per heavy atom. The van der Waals surface area contributed by atoms with Gasteiger partial charge in [0.05, 0.1) is 6.04 Å². The van der Waals surface area contributed by atoms with Crippen LogP contribution in [0.5, 0.6) is 0 Å². The molecule has 4 fully saturated rings. The zero-order chi connectivity index (χ0) is 17.3. The number of hydroxylamine groups is 2. The average Bonchev–Trinajstić information content (AvgIpc) is 2.97. The molecule has 25 heavy (non-hydrogen) atoms. The van der Waals surface area contributed by atoms with E-state index in [-0.39, 0.29) is 7.97 Å². The lowest BCUT2D eigenvalue weighted by atomic mass is 10.0. The quantitative estimate of drug-likeness (QED) is 0.545. The van der Waals surface area contributed by atoms with Gasteiger partial charge < -0.3 is 19.2 Å². The van der Waals surface area contributed by atoms with Crippen molar-refractivity contribution in [3.63, 3.8) is 0 Å². The van der Waals surface area contributed by atoms with E-state index in [1.165, 1.54) is 4.90 Å². The summed E-state index contributed by atoms with van der Waals surface area (Å²) in [5, 5.41) is 12.2. The molecule has 0 spiro atoms. The van der Waals surface area contributed by atoms with Crippen LogP contribution in [-0.2, 0) is 14.7 Å². The minimum absolute atomic E-state index is 0. The summed E-state index contributed by atoms with van der Waals surface area (Å²) in [5.74, 6) is 2.34. The number of urea groups is 1. The van der Waals surface area contributed by atoms with Crippen molar-refractivity contribution in [1.82, 2.24) is 25.5 Å². The van der Waals surface area contributed by atoms with Gasteiger partial charge in [0.1, 0.15) is 6.04 Å². The summed E-state index contributed by atoms with van der Waals surface area (Å²) in [4.78, 5) is 13.8. The molecule has 3 aliphatic heterocycles. The normalized spacial score (nSPS) is 36.8. The maximum atomic E-state index is 12.4. The number of hydrogen-bond donors (Lipinski definition) is 1. The second-order valence-corrected chi connectivity index (χ2v) is 7.95. The molecule has 2 bridgehead atoms. The van der Waals surface area contributed by atoms with Crippen molar-refractivity contribution in [1.29, 1.82) is 0 Å². The van der Waals surface area contributed by atoms with Crippen LogP contribution >= 0.6 is 0 Å². The van der Waals surface area contributed by atoms with E-state index in [1.54, 1.807) is 0 Å². The lowest BCUT2D eigenvalue weighted by Gasteiger charge is -2.27. The minimum atomic E-state index is -5.00. The molecule has 0 radical (unpaired) electrons. The Hall–Kier alpha value is -1.76. The summed E-state index contributed by atoms with van der Waals surface area (Å²) in [5.41, 5.74) is 0. The predicted molar refractivity (Wildman–Crippen MR) is 78.5 cm³/mol. The summed E-state index contributed by atoms with van der Waals surface area (Å²) >= 11 is 0. The van der Waals surface area contributed by atoms with Gasteiger partial charge in [0.25, 0.3) is 0 Å². The van der Waals surface area contributed by atoms with Crippen LogP contribution in [0.3, 0.4) is 0 Å². The molecule has 2 unspecified atom stereocenters. The zero-order valence-corrected chi connectivity index (χ0v) is 13.9. The molecule has 4 atom stereocenters. The van der Waals surface area contributed by atoms with E-state index in [2.05, 4.69) is 19.8 Å². The van der Waals surface area contributed by atoms with Crippen LogP contribution in [-0.4, -0.2) is 64.8 Å². The predicted octanol–water partition coefficient (Wildman–Crippen LogP) is -0.552. The largest absolute Gasteiger partial charge is 1.00 e. The van der Waals surface area contributed by atoms with Gasteiger partial charge in [-0.2, -0.15) is 9.35 Å². The first kappa shape index (κ1) is 15.5. The van der Waals surface area contributed by atoms with Crippen molar-refractivity contribution in [3.8, 4) is 0 Å². The van der Waals surface area contributed by atoms with Crippen molar-refractivity contribution < 1.29 is 27.9 Å². The smallest absolute Gasteiger partial charge is 0.724 e. The van der Waals surface area contributed by atoms with Gasteiger partial charge in [-0.1, -0.05) is 0 Å². The molecule has 1 aromatic rings. The molecule has 1 N–H and O–H groups in total. The molecular weight excluding hydrogens is 354 g/mol. The van der Waals surface area contributed by atoms with Crippen molar-refractivity contribution in [3.05, 3.63) is 11.8 Å². The fourth-order valence-corrected chi connectivity index (χ4v) is 4.77. The van der Waals surface area contributed by atoms with E-state index in [0.717, 1.165) is 13.1 Å². The van der Waals surface area contributed by atoms with Crippen LogP contribution in [0.15, 0.2) is 4.42 Å². The van der Waals surface area contributed by atoms with Crippen LogP contribution in [0.4, 0.5) is 4.79 Å². The van der Waals surface area contributed by atoms with Gasteiger partial charge in [0.2, 0.25) is 22.2 Å². The highest BCUT2D eigenvalue weighted by molar-refractivity contribution is 7.80. The first-order chi connectivity index (χ1) is 11.9. The van der Waals surface area contributed by atoms with Crippen molar-refractivity contribution >= 4 is 16.4 Å². The molecular formula is C13H17N5O6S. The third-order valence-corrected chi connectivity index (χ3v) is 5.96. The second kappa shape index (κ2) is 5.13. The first-order valence-electron chi connectivity index (χ1n) is 8.21. The molecule has 3 saturated heterocycles. The van der Waals surface area contributed by atoms with E-state index in [9.17, 15) is 17.8 Å². The van der Waals surface area contributed by atoms with Gasteiger partial charge in [0, 0.05) is 12.5 Å². The molecule has 1 aliphatic carbocycles.